The molecule has 162 valence electrons. The summed E-state index contributed by atoms with van der Waals surface area (Å²) in [5.74, 6) is 0.313. The van der Waals surface area contributed by atoms with Crippen molar-refractivity contribution < 1.29 is 17.9 Å². The lowest BCUT2D eigenvalue weighted by molar-refractivity contribution is -0.119. The zero-order valence-corrected chi connectivity index (χ0v) is 18.4. The lowest BCUT2D eigenvalue weighted by atomic mass is 10.2. The summed E-state index contributed by atoms with van der Waals surface area (Å²) in [5.41, 5.74) is 0.765. The fourth-order valence-corrected chi connectivity index (χ4v) is 5.76. The summed E-state index contributed by atoms with van der Waals surface area (Å²) < 4.78 is 32.0. The number of nitrogens with zero attached hydrogens (tertiary/aromatic N) is 1. The van der Waals surface area contributed by atoms with Crippen LogP contribution in [0, 0.1) is 0 Å². The van der Waals surface area contributed by atoms with Crippen LogP contribution >= 0.6 is 11.8 Å². The van der Waals surface area contributed by atoms with Crippen molar-refractivity contribution in [1.29, 1.82) is 0 Å². The molecule has 4 rings (SSSR count). The standard InChI is InChI=1S/C22H23N3O4S2/c26-19(23-14-17-10-7-13-29-17)15-30-21-22(31(27,28)18-11-5-2-6-12-18)25-20(24-21)16-8-3-1-4-9-16/h1-6,8-9,11-12,17H,7,10,13-15H2,(H,23,26)(H,24,25)/t17-/m0/s1. The molecule has 0 bridgehead atoms. The van der Waals surface area contributed by atoms with Gasteiger partial charge in [0.25, 0.3) is 0 Å². The first-order valence-electron chi connectivity index (χ1n) is 10.0. The Kier molecular flexibility index (Phi) is 6.74. The zero-order chi connectivity index (χ0) is 21.7. The number of aromatic amines is 1. The number of hydrogen-bond donors (Lipinski definition) is 2. The van der Waals surface area contributed by atoms with E-state index in [2.05, 4.69) is 15.3 Å². The monoisotopic (exact) mass is 457 g/mol. The summed E-state index contributed by atoms with van der Waals surface area (Å²) in [5, 5.41) is 3.12. The van der Waals surface area contributed by atoms with Gasteiger partial charge in [0, 0.05) is 18.7 Å². The molecule has 1 aromatic heterocycles. The normalized spacial score (nSPS) is 16.3. The molecule has 1 saturated heterocycles. The van der Waals surface area contributed by atoms with Gasteiger partial charge in [0.05, 0.1) is 16.8 Å². The van der Waals surface area contributed by atoms with E-state index < -0.39 is 9.84 Å². The van der Waals surface area contributed by atoms with Gasteiger partial charge < -0.3 is 15.0 Å². The van der Waals surface area contributed by atoms with Crippen molar-refractivity contribution in [3.63, 3.8) is 0 Å². The van der Waals surface area contributed by atoms with Crippen LogP contribution < -0.4 is 5.32 Å². The average Bonchev–Trinajstić information content (AvgIpc) is 3.48. The number of carbonyl (C=O) groups is 1. The van der Waals surface area contributed by atoms with Crippen LogP contribution in [0.1, 0.15) is 12.8 Å². The molecule has 0 unspecified atom stereocenters. The molecule has 0 radical (unpaired) electrons. The van der Waals surface area contributed by atoms with Gasteiger partial charge in [0.1, 0.15) is 10.9 Å². The number of thioether (sulfide) groups is 1. The van der Waals surface area contributed by atoms with Crippen molar-refractivity contribution in [3.05, 3.63) is 60.7 Å². The van der Waals surface area contributed by atoms with Crippen molar-refractivity contribution in [2.75, 3.05) is 18.9 Å². The van der Waals surface area contributed by atoms with Crippen LogP contribution in [-0.2, 0) is 19.4 Å². The predicted molar refractivity (Wildman–Crippen MR) is 119 cm³/mol. The van der Waals surface area contributed by atoms with Gasteiger partial charge in [-0.05, 0) is 25.0 Å². The number of sulfone groups is 1. The van der Waals surface area contributed by atoms with Gasteiger partial charge in [-0.25, -0.2) is 13.4 Å². The maximum absolute atomic E-state index is 13.2. The SMILES string of the molecule is O=C(CSc1nc(-c2ccccc2)[nH]c1S(=O)(=O)c1ccccc1)NC[C@@H]1CCCO1. The first kappa shape index (κ1) is 21.6. The minimum atomic E-state index is -3.82. The summed E-state index contributed by atoms with van der Waals surface area (Å²) in [6.07, 6.45) is 2.00. The minimum absolute atomic E-state index is 0.00511. The van der Waals surface area contributed by atoms with E-state index >= 15 is 0 Å². The van der Waals surface area contributed by atoms with Crippen LogP contribution in [0.25, 0.3) is 11.4 Å². The summed E-state index contributed by atoms with van der Waals surface area (Å²) in [6, 6.07) is 17.5. The molecule has 1 aliphatic heterocycles. The molecule has 31 heavy (non-hydrogen) atoms. The van der Waals surface area contributed by atoms with E-state index in [1.165, 1.54) is 0 Å². The van der Waals surface area contributed by atoms with Crippen LogP contribution in [-0.4, -0.2) is 49.3 Å². The Labute approximate surface area is 185 Å². The topological polar surface area (TPSA) is 101 Å². The summed E-state index contributed by atoms with van der Waals surface area (Å²) in [7, 11) is -3.82. The van der Waals surface area contributed by atoms with Crippen molar-refractivity contribution in [2.45, 2.75) is 33.9 Å². The molecule has 1 aliphatic rings. The maximum Gasteiger partial charge on any atom is 0.230 e. The molecule has 2 N–H and O–H groups in total. The molecule has 1 fully saturated rings. The van der Waals surface area contributed by atoms with E-state index in [0.29, 0.717) is 12.4 Å². The molecule has 1 amide bonds. The number of amides is 1. The Balaban J connectivity index is 1.56. The molecule has 7 nitrogen and oxygen atoms in total. The second-order valence-corrected chi connectivity index (χ2v) is 9.98. The molecule has 0 spiro atoms. The van der Waals surface area contributed by atoms with E-state index in [9.17, 15) is 13.2 Å². The van der Waals surface area contributed by atoms with Gasteiger partial charge in [-0.3, -0.25) is 4.79 Å². The number of nitrogens with one attached hydrogen (secondary N) is 2. The van der Waals surface area contributed by atoms with Crippen LogP contribution in [0.5, 0.6) is 0 Å². The summed E-state index contributed by atoms with van der Waals surface area (Å²) in [4.78, 5) is 19.9. The third-order valence-electron chi connectivity index (χ3n) is 4.90. The molecule has 2 aromatic carbocycles. The molecule has 3 aromatic rings. The molecule has 1 atom stereocenters. The van der Waals surface area contributed by atoms with Crippen molar-refractivity contribution in [1.82, 2.24) is 15.3 Å². The van der Waals surface area contributed by atoms with Gasteiger partial charge in [0.2, 0.25) is 15.7 Å². The third kappa shape index (κ3) is 5.17. The second kappa shape index (κ2) is 9.67. The molecule has 2 heterocycles. The number of carbonyl (C=O) groups excluding carboxylic acids is 1. The smallest absolute Gasteiger partial charge is 0.230 e. The molecule has 9 heteroatoms. The van der Waals surface area contributed by atoms with E-state index in [1.54, 1.807) is 30.3 Å². The number of hydrogen-bond acceptors (Lipinski definition) is 6. The Hall–Kier alpha value is -2.62. The Morgan fingerprint density at radius 2 is 1.84 bits per heavy atom. The lowest BCUT2D eigenvalue weighted by Crippen LogP contribution is -2.32. The highest BCUT2D eigenvalue weighted by Gasteiger charge is 2.27. The summed E-state index contributed by atoms with van der Waals surface area (Å²) in [6.45, 7) is 1.19. The van der Waals surface area contributed by atoms with Crippen LogP contribution in [0.15, 0.2) is 75.6 Å². The highest BCUT2D eigenvalue weighted by Crippen LogP contribution is 2.31. The third-order valence-corrected chi connectivity index (χ3v) is 7.73. The van der Waals surface area contributed by atoms with Crippen LogP contribution in [0.2, 0.25) is 0 Å². The first-order valence-corrected chi connectivity index (χ1v) is 12.5. The van der Waals surface area contributed by atoms with E-state index in [1.807, 2.05) is 30.3 Å². The number of ether oxygens (including phenoxy) is 1. The Morgan fingerprint density at radius 3 is 2.52 bits per heavy atom. The predicted octanol–water partition coefficient (Wildman–Crippen LogP) is 3.30. The highest BCUT2D eigenvalue weighted by molar-refractivity contribution is 8.00. The van der Waals surface area contributed by atoms with E-state index in [-0.39, 0.29) is 32.7 Å². The van der Waals surface area contributed by atoms with Gasteiger partial charge in [-0.2, -0.15) is 0 Å². The number of H-pyrrole nitrogens is 1. The quantitative estimate of drug-likeness (QED) is 0.504. The van der Waals surface area contributed by atoms with Gasteiger partial charge in [-0.15, -0.1) is 0 Å². The van der Waals surface area contributed by atoms with E-state index in [4.69, 9.17) is 4.74 Å². The van der Waals surface area contributed by atoms with Gasteiger partial charge in [-0.1, -0.05) is 60.3 Å². The van der Waals surface area contributed by atoms with E-state index in [0.717, 1.165) is 36.8 Å². The Bertz CT molecular complexity index is 1130. The maximum atomic E-state index is 13.2. The number of aromatic nitrogens is 2. The van der Waals surface area contributed by atoms with Gasteiger partial charge in [0.15, 0.2) is 5.03 Å². The largest absolute Gasteiger partial charge is 0.376 e. The van der Waals surface area contributed by atoms with Crippen molar-refractivity contribution in [2.24, 2.45) is 0 Å². The van der Waals surface area contributed by atoms with Crippen molar-refractivity contribution >= 4 is 27.5 Å². The van der Waals surface area contributed by atoms with Crippen LogP contribution in [0.4, 0.5) is 0 Å². The average molecular weight is 458 g/mol. The summed E-state index contributed by atoms with van der Waals surface area (Å²) >= 11 is 1.10. The molecule has 0 aliphatic carbocycles. The highest BCUT2D eigenvalue weighted by atomic mass is 32.2. The number of imidazole rings is 1. The van der Waals surface area contributed by atoms with Crippen LogP contribution in [0.3, 0.4) is 0 Å². The molecular formula is C22H23N3O4S2. The molecular weight excluding hydrogens is 434 g/mol. The second-order valence-electron chi connectivity index (χ2n) is 7.13. The fraction of sp³-hybridized carbons (Fsp3) is 0.273. The Morgan fingerprint density at radius 1 is 1.13 bits per heavy atom. The van der Waals surface area contributed by atoms with Gasteiger partial charge >= 0.3 is 0 Å². The minimum Gasteiger partial charge on any atom is -0.376 e. The zero-order valence-electron chi connectivity index (χ0n) is 16.8. The first-order chi connectivity index (χ1) is 15.0. The number of benzene rings is 2. The number of rotatable bonds is 8. The fourth-order valence-electron chi connectivity index (χ4n) is 3.29. The molecule has 0 saturated carbocycles. The lowest BCUT2D eigenvalue weighted by Gasteiger charge is -2.10. The van der Waals surface area contributed by atoms with Crippen molar-refractivity contribution in [3.8, 4) is 11.4 Å².